The van der Waals surface area contributed by atoms with Gasteiger partial charge in [-0.3, -0.25) is 0 Å². The molecule has 1 N–H and O–H groups in total. The van der Waals surface area contributed by atoms with E-state index >= 15 is 0 Å². The molecular formula is C22H36N4O2. The molecule has 1 aromatic heterocycles. The van der Waals surface area contributed by atoms with Crippen LogP contribution in [0.5, 0.6) is 0 Å². The molecule has 0 unspecified atom stereocenters. The zero-order valence-electron chi connectivity index (χ0n) is 17.1. The van der Waals surface area contributed by atoms with Crippen LogP contribution < -0.4 is 5.32 Å². The number of ether oxygens (including phenoxy) is 2. The molecule has 1 aromatic rings. The van der Waals surface area contributed by atoms with E-state index in [-0.39, 0.29) is 18.2 Å². The van der Waals surface area contributed by atoms with Crippen LogP contribution in [0.1, 0.15) is 75.9 Å². The van der Waals surface area contributed by atoms with Crippen LogP contribution in [0, 0.1) is 11.8 Å². The maximum Gasteiger partial charge on any atom is 0.110 e. The maximum atomic E-state index is 6.18. The van der Waals surface area contributed by atoms with Gasteiger partial charge in [0.15, 0.2) is 0 Å². The van der Waals surface area contributed by atoms with Gasteiger partial charge in [-0.2, -0.15) is 0 Å². The minimum atomic E-state index is 0.105. The molecule has 4 aliphatic rings. The largest absolute Gasteiger partial charge is 0.371 e. The van der Waals surface area contributed by atoms with Crippen molar-refractivity contribution >= 4 is 0 Å². The lowest BCUT2D eigenvalue weighted by molar-refractivity contribution is 0.0618. The molecular weight excluding hydrogens is 352 g/mol. The molecule has 2 aliphatic heterocycles. The fourth-order valence-electron chi connectivity index (χ4n) is 5.85. The minimum Gasteiger partial charge on any atom is -0.371 e. The summed E-state index contributed by atoms with van der Waals surface area (Å²) in [7, 11) is 0. The van der Waals surface area contributed by atoms with Crippen LogP contribution in [0.3, 0.4) is 0 Å². The zero-order valence-corrected chi connectivity index (χ0v) is 17.1. The number of hydrogen-bond donors (Lipinski definition) is 1. The highest BCUT2D eigenvalue weighted by atomic mass is 16.6. The number of fused-ring (bicyclic) bond motifs is 1. The summed E-state index contributed by atoms with van der Waals surface area (Å²) in [5.41, 5.74) is 1.14. The smallest absolute Gasteiger partial charge is 0.110 e. The average Bonchev–Trinajstić information content (AvgIpc) is 3.45. The molecule has 3 heterocycles. The quantitative estimate of drug-likeness (QED) is 0.810. The highest BCUT2D eigenvalue weighted by Crippen LogP contribution is 2.35. The van der Waals surface area contributed by atoms with Gasteiger partial charge in [-0.1, -0.05) is 56.6 Å². The Balaban J connectivity index is 1.15. The van der Waals surface area contributed by atoms with Gasteiger partial charge in [0.05, 0.1) is 24.9 Å². The van der Waals surface area contributed by atoms with Crippen molar-refractivity contribution in [1.82, 2.24) is 20.3 Å². The minimum absolute atomic E-state index is 0.105. The predicted molar refractivity (Wildman–Crippen MR) is 107 cm³/mol. The summed E-state index contributed by atoms with van der Waals surface area (Å²) in [6, 6.07) is 0.487. The van der Waals surface area contributed by atoms with Gasteiger partial charge in [-0.25, -0.2) is 4.68 Å². The molecule has 5 rings (SSSR count). The van der Waals surface area contributed by atoms with Gasteiger partial charge in [0.25, 0.3) is 0 Å². The van der Waals surface area contributed by atoms with E-state index in [0.717, 1.165) is 37.1 Å². The van der Waals surface area contributed by atoms with Crippen LogP contribution in [0.2, 0.25) is 0 Å². The molecule has 2 aliphatic carbocycles. The van der Waals surface area contributed by atoms with Crippen LogP contribution in [0.25, 0.3) is 0 Å². The van der Waals surface area contributed by atoms with Crippen molar-refractivity contribution in [3.63, 3.8) is 0 Å². The van der Waals surface area contributed by atoms with Crippen LogP contribution in [0.4, 0.5) is 0 Å². The number of aromatic nitrogens is 3. The van der Waals surface area contributed by atoms with Gasteiger partial charge < -0.3 is 14.8 Å². The number of nitrogens with zero attached hydrogens (tertiary/aromatic N) is 3. The third kappa shape index (κ3) is 4.14. The summed E-state index contributed by atoms with van der Waals surface area (Å²) in [5, 5.41) is 12.7. The lowest BCUT2D eigenvalue weighted by Crippen LogP contribution is -2.43. The van der Waals surface area contributed by atoms with E-state index in [4.69, 9.17) is 9.47 Å². The molecule has 6 nitrogen and oxygen atoms in total. The summed E-state index contributed by atoms with van der Waals surface area (Å²) in [5.74, 6) is 1.63. The van der Waals surface area contributed by atoms with Crippen molar-refractivity contribution < 1.29 is 9.47 Å². The second-order valence-corrected chi connectivity index (χ2v) is 9.58. The van der Waals surface area contributed by atoms with Crippen molar-refractivity contribution in [2.75, 3.05) is 19.8 Å². The van der Waals surface area contributed by atoms with E-state index in [1.54, 1.807) is 0 Å². The fourth-order valence-corrected chi connectivity index (χ4v) is 5.85. The predicted octanol–water partition coefficient (Wildman–Crippen LogP) is 3.28. The summed E-state index contributed by atoms with van der Waals surface area (Å²) in [4.78, 5) is 0. The molecule has 28 heavy (non-hydrogen) atoms. The van der Waals surface area contributed by atoms with E-state index in [2.05, 4.69) is 21.8 Å². The summed E-state index contributed by atoms with van der Waals surface area (Å²) in [6.45, 7) is 2.55. The monoisotopic (exact) mass is 388 g/mol. The highest BCUT2D eigenvalue weighted by Gasteiger charge is 2.48. The van der Waals surface area contributed by atoms with Crippen LogP contribution in [-0.4, -0.2) is 53.0 Å². The summed E-state index contributed by atoms with van der Waals surface area (Å²) < 4.78 is 14.4. The molecule has 0 radical (unpaired) electrons. The van der Waals surface area contributed by atoms with Gasteiger partial charge in [0.2, 0.25) is 0 Å². The molecule has 4 fully saturated rings. The first-order valence-electron chi connectivity index (χ1n) is 11.7. The zero-order chi connectivity index (χ0) is 18.8. The highest BCUT2D eigenvalue weighted by molar-refractivity contribution is 5.03. The molecule has 6 heteroatoms. The first kappa shape index (κ1) is 19.0. The standard InChI is InChI=1S/C22H36N4O2/c1-3-7-16(8-4-1)11-18-13-26(25-24-18)20-15-28-21-19(14-27-22(20)21)23-12-17-9-5-2-6-10-17/h13,16-17,19-23H,1-12,14-15H2/t19-,20-,21+,22+/m0/s1. The molecule has 0 bridgehead atoms. The Bertz CT molecular complexity index is 624. The van der Waals surface area contributed by atoms with E-state index in [9.17, 15) is 0 Å². The van der Waals surface area contributed by atoms with Crippen molar-refractivity contribution in [2.24, 2.45) is 11.8 Å². The van der Waals surface area contributed by atoms with Crippen molar-refractivity contribution in [3.05, 3.63) is 11.9 Å². The van der Waals surface area contributed by atoms with Crippen LogP contribution in [0.15, 0.2) is 6.20 Å². The number of rotatable bonds is 6. The normalized spacial score (nSPS) is 34.7. The van der Waals surface area contributed by atoms with Gasteiger partial charge >= 0.3 is 0 Å². The first-order valence-corrected chi connectivity index (χ1v) is 11.7. The van der Waals surface area contributed by atoms with Gasteiger partial charge in [0, 0.05) is 6.20 Å². The van der Waals surface area contributed by atoms with Crippen LogP contribution in [-0.2, 0) is 15.9 Å². The van der Waals surface area contributed by atoms with E-state index < -0.39 is 0 Å². The Morgan fingerprint density at radius 2 is 1.61 bits per heavy atom. The van der Waals surface area contributed by atoms with Crippen LogP contribution >= 0.6 is 0 Å². The van der Waals surface area contributed by atoms with E-state index in [1.165, 1.54) is 64.2 Å². The molecule has 0 amide bonds. The Hall–Kier alpha value is -0.980. The first-order chi connectivity index (χ1) is 13.9. The SMILES string of the molecule is c1c(CC2CCCCC2)nnn1[C@H]1CO[C@H]2[C@@H]1OC[C@@H]2NCC1CCCCC1. The fraction of sp³-hybridized carbons (Fsp3) is 0.909. The summed E-state index contributed by atoms with van der Waals surface area (Å²) in [6.07, 6.45) is 17.3. The molecule has 0 aromatic carbocycles. The summed E-state index contributed by atoms with van der Waals surface area (Å²) >= 11 is 0. The lowest BCUT2D eigenvalue weighted by Gasteiger charge is -2.25. The number of nitrogens with one attached hydrogen (secondary N) is 1. The van der Waals surface area contributed by atoms with E-state index in [1.807, 2.05) is 4.68 Å². The van der Waals surface area contributed by atoms with Crippen molar-refractivity contribution in [2.45, 2.75) is 94.9 Å². The average molecular weight is 389 g/mol. The van der Waals surface area contributed by atoms with Gasteiger partial charge in [-0.05, 0) is 37.6 Å². The Kier molecular flexibility index (Phi) is 5.98. The Morgan fingerprint density at radius 1 is 0.893 bits per heavy atom. The lowest BCUT2D eigenvalue weighted by atomic mass is 9.86. The molecule has 0 spiro atoms. The molecule has 4 atom stereocenters. The Labute approximate surface area is 168 Å². The number of hydrogen-bond acceptors (Lipinski definition) is 5. The second-order valence-electron chi connectivity index (χ2n) is 9.58. The molecule has 156 valence electrons. The molecule has 2 saturated heterocycles. The maximum absolute atomic E-state index is 6.18. The van der Waals surface area contributed by atoms with E-state index in [0.29, 0.717) is 12.6 Å². The van der Waals surface area contributed by atoms with Gasteiger partial charge in [0.1, 0.15) is 18.2 Å². The topological polar surface area (TPSA) is 61.2 Å². The molecule has 2 saturated carbocycles. The third-order valence-electron chi connectivity index (χ3n) is 7.54. The third-order valence-corrected chi connectivity index (χ3v) is 7.54. The van der Waals surface area contributed by atoms with Crippen molar-refractivity contribution in [1.29, 1.82) is 0 Å². The second kappa shape index (κ2) is 8.80. The Morgan fingerprint density at radius 3 is 2.39 bits per heavy atom. The van der Waals surface area contributed by atoms with Crippen molar-refractivity contribution in [3.8, 4) is 0 Å². The van der Waals surface area contributed by atoms with Gasteiger partial charge in [-0.15, -0.1) is 5.10 Å².